The minimum atomic E-state index is -1.05. The third kappa shape index (κ3) is 3.64. The van der Waals surface area contributed by atoms with Crippen molar-refractivity contribution in [2.24, 2.45) is 0 Å². The quantitative estimate of drug-likeness (QED) is 0.820. The van der Waals surface area contributed by atoms with Gasteiger partial charge in [-0.3, -0.25) is 9.59 Å². The molecule has 1 aromatic rings. The minimum Gasteiger partial charge on any atom is -0.383 e. The van der Waals surface area contributed by atoms with Crippen LogP contribution >= 0.6 is 0 Å². The van der Waals surface area contributed by atoms with Crippen LogP contribution in [0.15, 0.2) is 30.3 Å². The summed E-state index contributed by atoms with van der Waals surface area (Å²) in [5.41, 5.74) is 0.628. The van der Waals surface area contributed by atoms with E-state index in [0.717, 1.165) is 25.9 Å². The molecule has 1 atom stereocenters. The van der Waals surface area contributed by atoms with E-state index in [-0.39, 0.29) is 24.5 Å². The zero-order valence-electron chi connectivity index (χ0n) is 10.9. The van der Waals surface area contributed by atoms with Crippen molar-refractivity contribution in [2.45, 2.75) is 31.8 Å². The van der Waals surface area contributed by atoms with E-state index >= 15 is 0 Å². The van der Waals surface area contributed by atoms with E-state index in [1.165, 1.54) is 0 Å². The zero-order chi connectivity index (χ0) is 13.7. The van der Waals surface area contributed by atoms with E-state index in [9.17, 15) is 14.7 Å². The monoisotopic (exact) mass is 261 g/mol. The Morgan fingerprint density at radius 2 is 1.79 bits per heavy atom. The van der Waals surface area contributed by atoms with E-state index in [1.54, 1.807) is 29.2 Å². The first-order valence-corrected chi connectivity index (χ1v) is 6.73. The van der Waals surface area contributed by atoms with Gasteiger partial charge >= 0.3 is 0 Å². The van der Waals surface area contributed by atoms with E-state index in [1.807, 2.05) is 6.07 Å². The summed E-state index contributed by atoms with van der Waals surface area (Å²) in [5, 5.41) is 9.83. The van der Waals surface area contributed by atoms with Gasteiger partial charge in [0.1, 0.15) is 6.10 Å². The summed E-state index contributed by atoms with van der Waals surface area (Å²) in [7, 11) is 0. The second kappa shape index (κ2) is 6.48. The van der Waals surface area contributed by atoms with Crippen molar-refractivity contribution in [2.75, 3.05) is 13.1 Å². The third-order valence-corrected chi connectivity index (χ3v) is 3.44. The molecule has 1 aromatic carbocycles. The third-order valence-electron chi connectivity index (χ3n) is 3.44. The lowest BCUT2D eigenvalue weighted by Crippen LogP contribution is -2.37. The van der Waals surface area contributed by atoms with E-state index in [2.05, 4.69) is 0 Å². The molecule has 1 aliphatic rings. The largest absolute Gasteiger partial charge is 0.383 e. The van der Waals surface area contributed by atoms with Gasteiger partial charge in [0.05, 0.1) is 0 Å². The van der Waals surface area contributed by atoms with Crippen LogP contribution in [0.4, 0.5) is 0 Å². The van der Waals surface area contributed by atoms with Gasteiger partial charge in [0.2, 0.25) is 0 Å². The predicted molar refractivity (Wildman–Crippen MR) is 71.8 cm³/mol. The van der Waals surface area contributed by atoms with Crippen molar-refractivity contribution < 1.29 is 14.7 Å². The number of likely N-dealkylation sites (tertiary alicyclic amines) is 1. The molecular formula is C15H19NO3. The maximum atomic E-state index is 11.9. The first kappa shape index (κ1) is 13.7. The molecule has 1 heterocycles. The average Bonchev–Trinajstić information content (AvgIpc) is 2.98. The number of hydrogen-bond acceptors (Lipinski definition) is 3. The summed E-state index contributed by atoms with van der Waals surface area (Å²) < 4.78 is 0. The van der Waals surface area contributed by atoms with Crippen molar-refractivity contribution in [3.8, 4) is 0 Å². The van der Waals surface area contributed by atoms with Crippen molar-refractivity contribution in [3.63, 3.8) is 0 Å². The summed E-state index contributed by atoms with van der Waals surface area (Å²) in [6, 6.07) is 8.95. The van der Waals surface area contributed by atoms with Crippen LogP contribution in [0, 0.1) is 0 Å². The molecule has 102 valence electrons. The number of hydrogen-bond donors (Lipinski definition) is 1. The molecule has 0 radical (unpaired) electrons. The summed E-state index contributed by atoms with van der Waals surface area (Å²) in [6.07, 6.45) is 1.35. The van der Waals surface area contributed by atoms with Crippen LogP contribution in [0.25, 0.3) is 0 Å². The SMILES string of the molecule is O=C(CCC(O)C(=O)N1CCCC1)c1ccccc1. The van der Waals surface area contributed by atoms with Gasteiger partial charge in [-0.05, 0) is 19.3 Å². The molecule has 1 fully saturated rings. The van der Waals surface area contributed by atoms with Crippen LogP contribution in [0.1, 0.15) is 36.0 Å². The van der Waals surface area contributed by atoms with Gasteiger partial charge in [0.25, 0.3) is 5.91 Å². The second-order valence-corrected chi connectivity index (χ2v) is 4.88. The van der Waals surface area contributed by atoms with Gasteiger partial charge in [0, 0.05) is 25.1 Å². The number of benzene rings is 1. The molecule has 4 nitrogen and oxygen atoms in total. The maximum absolute atomic E-state index is 11.9. The van der Waals surface area contributed by atoms with Crippen molar-refractivity contribution in [3.05, 3.63) is 35.9 Å². The fourth-order valence-corrected chi connectivity index (χ4v) is 2.31. The normalized spacial score (nSPS) is 16.4. The number of Topliss-reactive ketones (excluding diaryl/α,β-unsaturated/α-hetero) is 1. The van der Waals surface area contributed by atoms with E-state index < -0.39 is 6.10 Å². The van der Waals surface area contributed by atoms with Gasteiger partial charge in [-0.2, -0.15) is 0 Å². The molecule has 1 aliphatic heterocycles. The summed E-state index contributed by atoms with van der Waals surface area (Å²) in [6.45, 7) is 1.45. The number of carbonyl (C=O) groups excluding carboxylic acids is 2. The van der Waals surface area contributed by atoms with Crippen LogP contribution in [0.5, 0.6) is 0 Å². The molecule has 0 aromatic heterocycles. The highest BCUT2D eigenvalue weighted by Gasteiger charge is 2.25. The Balaban J connectivity index is 1.81. The van der Waals surface area contributed by atoms with Crippen molar-refractivity contribution in [1.29, 1.82) is 0 Å². The number of aliphatic hydroxyl groups is 1. The Hall–Kier alpha value is -1.68. The van der Waals surface area contributed by atoms with E-state index in [0.29, 0.717) is 5.56 Å². The standard InChI is InChI=1S/C15H19NO3/c17-13(12-6-2-1-3-7-12)8-9-14(18)15(19)16-10-4-5-11-16/h1-3,6-7,14,18H,4-5,8-11H2. The molecule has 1 amide bonds. The molecule has 0 spiro atoms. The molecule has 1 N–H and O–H groups in total. The molecule has 0 bridgehead atoms. The van der Waals surface area contributed by atoms with E-state index in [4.69, 9.17) is 0 Å². The van der Waals surface area contributed by atoms with Crippen LogP contribution in [0.2, 0.25) is 0 Å². The highest BCUT2D eigenvalue weighted by atomic mass is 16.3. The summed E-state index contributed by atoms with van der Waals surface area (Å²) in [4.78, 5) is 25.4. The first-order chi connectivity index (χ1) is 9.18. The van der Waals surface area contributed by atoms with Gasteiger partial charge in [-0.15, -0.1) is 0 Å². The number of rotatable bonds is 5. The molecule has 19 heavy (non-hydrogen) atoms. The molecule has 0 aliphatic carbocycles. The number of nitrogens with zero attached hydrogens (tertiary/aromatic N) is 1. The van der Waals surface area contributed by atoms with Crippen LogP contribution in [-0.2, 0) is 4.79 Å². The summed E-state index contributed by atoms with van der Waals surface area (Å²) >= 11 is 0. The predicted octanol–water partition coefficient (Wildman–Crippen LogP) is 1.63. The zero-order valence-corrected chi connectivity index (χ0v) is 10.9. The fourth-order valence-electron chi connectivity index (χ4n) is 2.31. The summed E-state index contributed by atoms with van der Waals surface area (Å²) in [5.74, 6) is -0.271. The minimum absolute atomic E-state index is 0.0335. The molecule has 0 saturated carbocycles. The number of amides is 1. The van der Waals surface area contributed by atoms with Crippen molar-refractivity contribution >= 4 is 11.7 Å². The van der Waals surface area contributed by atoms with Gasteiger partial charge in [-0.25, -0.2) is 0 Å². The van der Waals surface area contributed by atoms with Crippen LogP contribution in [-0.4, -0.2) is 40.9 Å². The van der Waals surface area contributed by atoms with Crippen LogP contribution in [0.3, 0.4) is 0 Å². The molecular weight excluding hydrogens is 242 g/mol. The lowest BCUT2D eigenvalue weighted by Gasteiger charge is -2.19. The highest BCUT2D eigenvalue weighted by molar-refractivity contribution is 5.96. The first-order valence-electron chi connectivity index (χ1n) is 6.73. The highest BCUT2D eigenvalue weighted by Crippen LogP contribution is 2.13. The topological polar surface area (TPSA) is 57.6 Å². The maximum Gasteiger partial charge on any atom is 0.251 e. The fraction of sp³-hybridized carbons (Fsp3) is 0.467. The lowest BCUT2D eigenvalue weighted by molar-refractivity contribution is -0.139. The number of ketones is 1. The van der Waals surface area contributed by atoms with Crippen molar-refractivity contribution in [1.82, 2.24) is 4.90 Å². The smallest absolute Gasteiger partial charge is 0.251 e. The second-order valence-electron chi connectivity index (χ2n) is 4.88. The Morgan fingerprint density at radius 3 is 2.42 bits per heavy atom. The molecule has 1 unspecified atom stereocenters. The number of carbonyl (C=O) groups is 2. The Bertz CT molecular complexity index is 438. The molecule has 1 saturated heterocycles. The Kier molecular flexibility index (Phi) is 4.68. The van der Waals surface area contributed by atoms with Gasteiger partial charge in [0.15, 0.2) is 5.78 Å². The average molecular weight is 261 g/mol. The molecule has 2 rings (SSSR count). The van der Waals surface area contributed by atoms with Crippen LogP contribution < -0.4 is 0 Å². The Labute approximate surface area is 113 Å². The van der Waals surface area contributed by atoms with Gasteiger partial charge < -0.3 is 10.0 Å². The lowest BCUT2D eigenvalue weighted by atomic mass is 10.0. The number of aliphatic hydroxyl groups excluding tert-OH is 1. The Morgan fingerprint density at radius 1 is 1.16 bits per heavy atom. The molecule has 4 heteroatoms. The van der Waals surface area contributed by atoms with Gasteiger partial charge in [-0.1, -0.05) is 30.3 Å².